The lowest BCUT2D eigenvalue weighted by molar-refractivity contribution is 0.414. The molecule has 0 aromatic heterocycles. The van der Waals surface area contributed by atoms with Crippen LogP contribution in [-0.2, 0) is 6.42 Å². The second kappa shape index (κ2) is 7.50. The fourth-order valence-corrected chi connectivity index (χ4v) is 3.22. The average Bonchev–Trinajstić information content (AvgIpc) is 2.47. The topological polar surface area (TPSA) is 21.3 Å². The molecule has 0 saturated carbocycles. The van der Waals surface area contributed by atoms with E-state index in [0.717, 1.165) is 16.5 Å². The Morgan fingerprint density at radius 2 is 1.95 bits per heavy atom. The number of benzene rings is 2. The van der Waals surface area contributed by atoms with Gasteiger partial charge in [0, 0.05) is 21.6 Å². The smallest absolute Gasteiger partial charge is 0.138 e. The van der Waals surface area contributed by atoms with Gasteiger partial charge in [-0.2, -0.15) is 0 Å². The van der Waals surface area contributed by atoms with Crippen molar-refractivity contribution in [3.63, 3.8) is 0 Å². The fourth-order valence-electron chi connectivity index (χ4n) is 2.23. The molecule has 0 heterocycles. The highest BCUT2D eigenvalue weighted by molar-refractivity contribution is 9.10. The summed E-state index contributed by atoms with van der Waals surface area (Å²) in [6.07, 6.45) is 0.818. The van der Waals surface area contributed by atoms with Gasteiger partial charge in [-0.25, -0.2) is 0 Å². The molecule has 2 aromatic carbocycles. The van der Waals surface area contributed by atoms with Crippen LogP contribution in [0.15, 0.2) is 40.9 Å². The van der Waals surface area contributed by atoms with Gasteiger partial charge in [-0.15, -0.1) is 0 Å². The van der Waals surface area contributed by atoms with Crippen LogP contribution in [-0.4, -0.2) is 14.2 Å². The highest BCUT2D eigenvalue weighted by Crippen LogP contribution is 2.35. The largest absolute Gasteiger partial charge is 0.495 e. The number of methoxy groups -OCH3 is 1. The Morgan fingerprint density at radius 3 is 2.57 bits per heavy atom. The van der Waals surface area contributed by atoms with Crippen molar-refractivity contribution in [1.29, 1.82) is 0 Å². The van der Waals surface area contributed by atoms with E-state index >= 15 is 0 Å². The summed E-state index contributed by atoms with van der Waals surface area (Å²) in [5.74, 6) is 0.586. The Bertz CT molecular complexity index is 634. The summed E-state index contributed by atoms with van der Waals surface area (Å²) in [4.78, 5) is 0. The Kier molecular flexibility index (Phi) is 5.94. The van der Waals surface area contributed by atoms with Gasteiger partial charge in [0.25, 0.3) is 0 Å². The molecule has 21 heavy (non-hydrogen) atoms. The van der Waals surface area contributed by atoms with Gasteiger partial charge in [0.05, 0.1) is 12.1 Å². The van der Waals surface area contributed by atoms with Crippen LogP contribution in [0.25, 0.3) is 0 Å². The molecule has 0 aliphatic heterocycles. The van der Waals surface area contributed by atoms with E-state index < -0.39 is 0 Å². The van der Waals surface area contributed by atoms with Gasteiger partial charge >= 0.3 is 0 Å². The zero-order chi connectivity index (χ0) is 15.4. The van der Waals surface area contributed by atoms with Gasteiger partial charge < -0.3 is 10.1 Å². The van der Waals surface area contributed by atoms with Crippen molar-refractivity contribution < 1.29 is 4.74 Å². The number of likely N-dealkylation sites (N-methyl/N-ethyl adjacent to an activating group) is 1. The molecule has 0 bridgehead atoms. The van der Waals surface area contributed by atoms with E-state index in [9.17, 15) is 0 Å². The lowest BCUT2D eigenvalue weighted by Gasteiger charge is -2.19. The number of hydrogen-bond donors (Lipinski definition) is 1. The third-order valence-electron chi connectivity index (χ3n) is 3.32. The van der Waals surface area contributed by atoms with Crippen LogP contribution in [0.1, 0.15) is 17.2 Å². The second-order valence-electron chi connectivity index (χ2n) is 4.68. The monoisotopic (exact) mass is 387 g/mol. The molecular formula is C16H16BrCl2NO. The first kappa shape index (κ1) is 16.6. The van der Waals surface area contributed by atoms with E-state index in [0.29, 0.717) is 15.8 Å². The van der Waals surface area contributed by atoms with Crippen LogP contribution < -0.4 is 10.1 Å². The fraction of sp³-hybridized carbons (Fsp3) is 0.250. The summed E-state index contributed by atoms with van der Waals surface area (Å²) in [5.41, 5.74) is 2.18. The van der Waals surface area contributed by atoms with Crippen molar-refractivity contribution in [3.8, 4) is 5.75 Å². The summed E-state index contributed by atoms with van der Waals surface area (Å²) in [7, 11) is 3.49. The van der Waals surface area contributed by atoms with Crippen molar-refractivity contribution in [1.82, 2.24) is 5.32 Å². The van der Waals surface area contributed by atoms with E-state index in [4.69, 9.17) is 27.9 Å². The van der Waals surface area contributed by atoms with Crippen LogP contribution in [0.3, 0.4) is 0 Å². The number of halogens is 3. The van der Waals surface area contributed by atoms with Crippen LogP contribution >= 0.6 is 39.1 Å². The predicted octanol–water partition coefficient (Wildman–Crippen LogP) is 5.27. The molecule has 5 heteroatoms. The molecule has 1 N–H and O–H groups in total. The Hall–Kier alpha value is -0.740. The lowest BCUT2D eigenvalue weighted by Crippen LogP contribution is -2.19. The van der Waals surface area contributed by atoms with E-state index in [-0.39, 0.29) is 6.04 Å². The predicted molar refractivity (Wildman–Crippen MR) is 92.7 cm³/mol. The molecule has 0 aliphatic carbocycles. The third kappa shape index (κ3) is 4.13. The average molecular weight is 389 g/mol. The maximum absolute atomic E-state index is 6.36. The van der Waals surface area contributed by atoms with Crippen molar-refractivity contribution in [2.75, 3.05) is 14.2 Å². The Morgan fingerprint density at radius 1 is 1.19 bits per heavy atom. The van der Waals surface area contributed by atoms with Gasteiger partial charge in [-0.05, 0) is 42.8 Å². The number of hydrogen-bond acceptors (Lipinski definition) is 2. The van der Waals surface area contributed by atoms with Crippen molar-refractivity contribution >= 4 is 39.1 Å². The van der Waals surface area contributed by atoms with Crippen LogP contribution in [0.5, 0.6) is 5.75 Å². The lowest BCUT2D eigenvalue weighted by atomic mass is 9.99. The molecule has 0 amide bonds. The zero-order valence-corrected chi connectivity index (χ0v) is 14.9. The van der Waals surface area contributed by atoms with Gasteiger partial charge in [0.1, 0.15) is 5.75 Å². The van der Waals surface area contributed by atoms with Crippen molar-refractivity contribution in [2.45, 2.75) is 12.5 Å². The highest BCUT2D eigenvalue weighted by Gasteiger charge is 2.16. The molecule has 112 valence electrons. The Labute approximate surface area is 143 Å². The van der Waals surface area contributed by atoms with Crippen molar-refractivity contribution in [2.24, 2.45) is 0 Å². The molecule has 2 nitrogen and oxygen atoms in total. The summed E-state index contributed by atoms with van der Waals surface area (Å²) >= 11 is 16.1. The van der Waals surface area contributed by atoms with Crippen molar-refractivity contribution in [3.05, 3.63) is 62.0 Å². The third-order valence-corrected chi connectivity index (χ3v) is 4.44. The summed E-state index contributed by atoms with van der Waals surface area (Å²) in [6.45, 7) is 0. The maximum atomic E-state index is 6.36. The quantitative estimate of drug-likeness (QED) is 0.753. The first-order valence-electron chi connectivity index (χ1n) is 6.49. The molecule has 0 aliphatic rings. The normalized spacial score (nSPS) is 12.2. The van der Waals surface area contributed by atoms with Crippen LogP contribution in [0.4, 0.5) is 0 Å². The van der Waals surface area contributed by atoms with Crippen LogP contribution in [0.2, 0.25) is 10.0 Å². The zero-order valence-electron chi connectivity index (χ0n) is 11.8. The van der Waals surface area contributed by atoms with Crippen LogP contribution in [0, 0.1) is 0 Å². The molecule has 0 spiro atoms. The molecule has 0 radical (unpaired) electrons. The van der Waals surface area contributed by atoms with E-state index in [2.05, 4.69) is 33.4 Å². The number of rotatable bonds is 5. The molecule has 1 unspecified atom stereocenters. The van der Waals surface area contributed by atoms with Gasteiger partial charge in [0.2, 0.25) is 0 Å². The minimum absolute atomic E-state index is 0.0789. The Balaban J connectivity index is 2.31. The van der Waals surface area contributed by atoms with Gasteiger partial charge in [-0.1, -0.05) is 51.3 Å². The standard InChI is InChI=1S/C16H16BrCl2NO/c1-20-15(7-10-4-3-5-11(17)6-10)12-8-14(19)16(21-2)9-13(12)18/h3-6,8-9,15,20H,7H2,1-2H3. The number of ether oxygens (including phenoxy) is 1. The minimum atomic E-state index is 0.0789. The summed E-state index contributed by atoms with van der Waals surface area (Å²) < 4.78 is 6.25. The van der Waals surface area contributed by atoms with E-state index in [1.165, 1.54) is 5.56 Å². The molecule has 0 saturated heterocycles. The van der Waals surface area contributed by atoms with E-state index in [1.807, 2.05) is 25.2 Å². The van der Waals surface area contributed by atoms with Gasteiger partial charge in [-0.3, -0.25) is 0 Å². The van der Waals surface area contributed by atoms with E-state index in [1.54, 1.807) is 13.2 Å². The molecular weight excluding hydrogens is 373 g/mol. The first-order chi connectivity index (χ1) is 10.0. The SMILES string of the molecule is CNC(Cc1cccc(Br)c1)c1cc(Cl)c(OC)cc1Cl. The molecule has 1 atom stereocenters. The molecule has 0 fully saturated rings. The highest BCUT2D eigenvalue weighted by atomic mass is 79.9. The second-order valence-corrected chi connectivity index (χ2v) is 6.41. The summed E-state index contributed by atoms with van der Waals surface area (Å²) in [5, 5.41) is 4.50. The maximum Gasteiger partial charge on any atom is 0.138 e. The first-order valence-corrected chi connectivity index (χ1v) is 8.04. The van der Waals surface area contributed by atoms with Gasteiger partial charge in [0.15, 0.2) is 0 Å². The minimum Gasteiger partial charge on any atom is -0.495 e. The molecule has 2 aromatic rings. The summed E-state index contributed by atoms with van der Waals surface area (Å²) in [6, 6.07) is 11.9. The molecule has 2 rings (SSSR count). The number of nitrogens with one attached hydrogen (secondary N) is 1.